The third kappa shape index (κ3) is 2.69. The van der Waals surface area contributed by atoms with Crippen molar-refractivity contribution in [3.05, 3.63) is 11.7 Å². The lowest BCUT2D eigenvalue weighted by atomic mass is 9.83. The van der Waals surface area contributed by atoms with Crippen LogP contribution in [0.1, 0.15) is 31.5 Å². The molecule has 1 atom stereocenters. The predicted molar refractivity (Wildman–Crippen MR) is 66.0 cm³/mol. The van der Waals surface area contributed by atoms with E-state index in [9.17, 15) is 4.79 Å². The molecule has 1 aromatic rings. The van der Waals surface area contributed by atoms with Gasteiger partial charge in [0.05, 0.1) is 5.41 Å². The Hall–Kier alpha value is -1.43. The lowest BCUT2D eigenvalue weighted by Gasteiger charge is -2.24. The number of rotatable bonds is 5. The molecule has 0 spiro atoms. The standard InChI is InChI=1S/C12H20N4O2/c1-3-12(5-7-13-8-12)11(17)14-6-4-10-15-9(2)16-18-10/h13H,3-8H2,1-2H3,(H,14,17). The van der Waals surface area contributed by atoms with Gasteiger partial charge in [0.2, 0.25) is 11.8 Å². The van der Waals surface area contributed by atoms with E-state index in [1.54, 1.807) is 6.92 Å². The Morgan fingerprint density at radius 2 is 2.44 bits per heavy atom. The van der Waals surface area contributed by atoms with E-state index in [1.165, 1.54) is 0 Å². The summed E-state index contributed by atoms with van der Waals surface area (Å²) in [6.45, 7) is 6.08. The molecule has 1 unspecified atom stereocenters. The first kappa shape index (κ1) is 13.0. The van der Waals surface area contributed by atoms with E-state index in [1.807, 2.05) is 0 Å². The molecular formula is C12H20N4O2. The summed E-state index contributed by atoms with van der Waals surface area (Å²) in [6, 6.07) is 0. The molecular weight excluding hydrogens is 232 g/mol. The topological polar surface area (TPSA) is 80.1 Å². The smallest absolute Gasteiger partial charge is 0.228 e. The van der Waals surface area contributed by atoms with E-state index in [-0.39, 0.29) is 11.3 Å². The molecule has 0 bridgehead atoms. The Balaban J connectivity index is 1.81. The van der Waals surface area contributed by atoms with E-state index in [0.717, 1.165) is 25.9 Å². The van der Waals surface area contributed by atoms with E-state index < -0.39 is 0 Å². The third-order valence-electron chi connectivity index (χ3n) is 3.60. The maximum Gasteiger partial charge on any atom is 0.228 e. The van der Waals surface area contributed by atoms with Crippen LogP contribution in [-0.4, -0.2) is 35.7 Å². The van der Waals surface area contributed by atoms with Gasteiger partial charge in [-0.25, -0.2) is 0 Å². The summed E-state index contributed by atoms with van der Waals surface area (Å²) in [7, 11) is 0. The maximum absolute atomic E-state index is 12.2. The number of carbonyl (C=O) groups is 1. The van der Waals surface area contributed by atoms with Gasteiger partial charge in [-0.15, -0.1) is 0 Å². The first-order valence-electron chi connectivity index (χ1n) is 6.44. The van der Waals surface area contributed by atoms with E-state index in [4.69, 9.17) is 4.52 Å². The Morgan fingerprint density at radius 1 is 1.61 bits per heavy atom. The number of hydrogen-bond acceptors (Lipinski definition) is 5. The van der Waals surface area contributed by atoms with E-state index in [2.05, 4.69) is 27.7 Å². The molecule has 1 saturated heterocycles. The minimum atomic E-state index is -0.231. The van der Waals surface area contributed by atoms with Gasteiger partial charge in [-0.3, -0.25) is 4.79 Å². The Morgan fingerprint density at radius 3 is 3.00 bits per heavy atom. The number of aryl methyl sites for hydroxylation is 1. The molecule has 2 rings (SSSR count). The molecule has 1 amide bonds. The highest BCUT2D eigenvalue weighted by Crippen LogP contribution is 2.29. The highest BCUT2D eigenvalue weighted by atomic mass is 16.5. The summed E-state index contributed by atoms with van der Waals surface area (Å²) >= 11 is 0. The summed E-state index contributed by atoms with van der Waals surface area (Å²) in [6.07, 6.45) is 2.36. The number of aromatic nitrogens is 2. The van der Waals surface area contributed by atoms with Crippen molar-refractivity contribution < 1.29 is 9.32 Å². The second-order valence-electron chi connectivity index (χ2n) is 4.80. The third-order valence-corrected chi connectivity index (χ3v) is 3.60. The second kappa shape index (κ2) is 5.48. The molecule has 18 heavy (non-hydrogen) atoms. The molecule has 2 heterocycles. The molecule has 1 fully saturated rings. The summed E-state index contributed by atoms with van der Waals surface area (Å²) in [5, 5.41) is 9.93. The average molecular weight is 252 g/mol. The number of hydrogen-bond donors (Lipinski definition) is 2. The van der Waals surface area contributed by atoms with Crippen molar-refractivity contribution in [3.63, 3.8) is 0 Å². The lowest BCUT2D eigenvalue weighted by molar-refractivity contribution is -0.130. The molecule has 1 aliphatic heterocycles. The quantitative estimate of drug-likeness (QED) is 0.794. The van der Waals surface area contributed by atoms with Crippen LogP contribution in [0.3, 0.4) is 0 Å². The van der Waals surface area contributed by atoms with Crippen molar-refractivity contribution in [1.29, 1.82) is 0 Å². The molecule has 0 aromatic carbocycles. The molecule has 100 valence electrons. The van der Waals surface area contributed by atoms with Crippen molar-refractivity contribution in [2.45, 2.75) is 33.1 Å². The molecule has 6 heteroatoms. The minimum absolute atomic E-state index is 0.131. The first-order chi connectivity index (χ1) is 8.66. The summed E-state index contributed by atoms with van der Waals surface area (Å²) in [5.74, 6) is 1.33. The lowest BCUT2D eigenvalue weighted by Crippen LogP contribution is -2.42. The zero-order valence-electron chi connectivity index (χ0n) is 11.0. The van der Waals surface area contributed by atoms with Crippen molar-refractivity contribution in [2.75, 3.05) is 19.6 Å². The van der Waals surface area contributed by atoms with Gasteiger partial charge in [-0.05, 0) is 26.3 Å². The number of carbonyl (C=O) groups excluding carboxylic acids is 1. The average Bonchev–Trinajstić information content (AvgIpc) is 2.99. The van der Waals surface area contributed by atoms with Crippen LogP contribution in [-0.2, 0) is 11.2 Å². The fourth-order valence-corrected chi connectivity index (χ4v) is 2.31. The maximum atomic E-state index is 12.2. The Labute approximate surface area is 107 Å². The molecule has 0 radical (unpaired) electrons. The highest BCUT2D eigenvalue weighted by Gasteiger charge is 2.39. The molecule has 0 saturated carbocycles. The minimum Gasteiger partial charge on any atom is -0.355 e. The van der Waals surface area contributed by atoms with Gasteiger partial charge in [-0.1, -0.05) is 12.1 Å². The summed E-state index contributed by atoms with van der Waals surface area (Å²) < 4.78 is 5.00. The largest absolute Gasteiger partial charge is 0.355 e. The number of amides is 1. The van der Waals surface area contributed by atoms with Gasteiger partial charge in [-0.2, -0.15) is 4.98 Å². The van der Waals surface area contributed by atoms with Crippen LogP contribution in [0, 0.1) is 12.3 Å². The van der Waals surface area contributed by atoms with Crippen LogP contribution < -0.4 is 10.6 Å². The van der Waals surface area contributed by atoms with Crippen molar-refractivity contribution in [1.82, 2.24) is 20.8 Å². The Bertz CT molecular complexity index is 410. The van der Waals surface area contributed by atoms with Crippen LogP contribution in [0.15, 0.2) is 4.52 Å². The molecule has 1 aromatic heterocycles. The van der Waals surface area contributed by atoms with Crippen LogP contribution in [0.5, 0.6) is 0 Å². The number of nitrogens with zero attached hydrogens (tertiary/aromatic N) is 2. The first-order valence-corrected chi connectivity index (χ1v) is 6.44. The monoisotopic (exact) mass is 252 g/mol. The van der Waals surface area contributed by atoms with Crippen molar-refractivity contribution in [3.8, 4) is 0 Å². The van der Waals surface area contributed by atoms with Crippen LogP contribution in [0.2, 0.25) is 0 Å². The van der Waals surface area contributed by atoms with Gasteiger partial charge < -0.3 is 15.2 Å². The molecule has 1 aliphatic rings. The number of nitrogens with one attached hydrogen (secondary N) is 2. The van der Waals surface area contributed by atoms with Crippen LogP contribution in [0.25, 0.3) is 0 Å². The van der Waals surface area contributed by atoms with Crippen LogP contribution in [0.4, 0.5) is 0 Å². The van der Waals surface area contributed by atoms with Gasteiger partial charge in [0, 0.05) is 19.5 Å². The molecule has 0 aliphatic carbocycles. The fourth-order valence-electron chi connectivity index (χ4n) is 2.31. The van der Waals surface area contributed by atoms with Gasteiger partial charge >= 0.3 is 0 Å². The van der Waals surface area contributed by atoms with Crippen molar-refractivity contribution >= 4 is 5.91 Å². The van der Waals surface area contributed by atoms with Gasteiger partial charge in [0.25, 0.3) is 0 Å². The molecule has 2 N–H and O–H groups in total. The van der Waals surface area contributed by atoms with Gasteiger partial charge in [0.1, 0.15) is 0 Å². The normalized spacial score (nSPS) is 23.2. The van der Waals surface area contributed by atoms with E-state index in [0.29, 0.717) is 24.7 Å². The van der Waals surface area contributed by atoms with Crippen LogP contribution >= 0.6 is 0 Å². The Kier molecular flexibility index (Phi) is 3.96. The highest BCUT2D eigenvalue weighted by molar-refractivity contribution is 5.83. The zero-order chi connectivity index (χ0) is 13.0. The summed E-state index contributed by atoms with van der Waals surface area (Å²) in [4.78, 5) is 16.3. The fraction of sp³-hybridized carbons (Fsp3) is 0.750. The SMILES string of the molecule is CCC1(C(=O)NCCc2nc(C)no2)CCNC1. The summed E-state index contributed by atoms with van der Waals surface area (Å²) in [5.41, 5.74) is -0.231. The second-order valence-corrected chi connectivity index (χ2v) is 4.80. The molecule has 6 nitrogen and oxygen atoms in total. The zero-order valence-corrected chi connectivity index (χ0v) is 11.0. The van der Waals surface area contributed by atoms with E-state index >= 15 is 0 Å². The predicted octanol–water partition coefficient (Wildman–Crippen LogP) is 0.426. The van der Waals surface area contributed by atoms with Gasteiger partial charge in [0.15, 0.2) is 5.82 Å². The van der Waals surface area contributed by atoms with Crippen molar-refractivity contribution in [2.24, 2.45) is 5.41 Å².